The normalized spacial score (nSPS) is 12.1. The highest BCUT2D eigenvalue weighted by atomic mass is 35.5. The topological polar surface area (TPSA) is 43.1 Å². The van der Waals surface area contributed by atoms with E-state index in [1.165, 1.54) is 0 Å². The maximum Gasteiger partial charge on any atom is 0.185 e. The van der Waals surface area contributed by atoms with Gasteiger partial charge < -0.3 is 5.73 Å². The number of carbonyl (C=O) groups is 1. The molecule has 2 nitrogen and oxygen atoms in total. The molecule has 2 rings (SSSR count). The zero-order valence-electron chi connectivity index (χ0n) is 9.14. The predicted molar refractivity (Wildman–Crippen MR) is 69.2 cm³/mol. The average Bonchev–Trinajstić information content (AvgIpc) is 2.39. The van der Waals surface area contributed by atoms with Crippen molar-refractivity contribution in [1.29, 1.82) is 0 Å². The number of Topliss-reactive ketones (excluding diaryl/α,β-unsaturated/α-hetero) is 1. The monoisotopic (exact) mass is 245 g/mol. The first kappa shape index (κ1) is 11.8. The van der Waals surface area contributed by atoms with Gasteiger partial charge in [-0.2, -0.15) is 0 Å². The standard InChI is InChI=1S/C14H12ClNO/c15-12-9-5-4-8-11(12)14(17)13(16)10-6-2-1-3-7-10/h1-9,13H,16H2/t13-/m1/s1. The van der Waals surface area contributed by atoms with Crippen molar-refractivity contribution in [1.82, 2.24) is 0 Å². The van der Waals surface area contributed by atoms with E-state index in [1.54, 1.807) is 24.3 Å². The van der Waals surface area contributed by atoms with Crippen LogP contribution in [-0.2, 0) is 0 Å². The maximum atomic E-state index is 12.2. The van der Waals surface area contributed by atoms with Crippen molar-refractivity contribution < 1.29 is 4.79 Å². The number of hydrogen-bond donors (Lipinski definition) is 1. The van der Waals surface area contributed by atoms with Crippen LogP contribution in [0.1, 0.15) is 22.0 Å². The summed E-state index contributed by atoms with van der Waals surface area (Å²) in [4.78, 5) is 12.2. The Kier molecular flexibility index (Phi) is 3.57. The molecule has 1 atom stereocenters. The van der Waals surface area contributed by atoms with Crippen molar-refractivity contribution in [2.24, 2.45) is 5.73 Å². The summed E-state index contributed by atoms with van der Waals surface area (Å²) >= 11 is 5.97. The van der Waals surface area contributed by atoms with Gasteiger partial charge in [-0.1, -0.05) is 54.1 Å². The number of benzene rings is 2. The summed E-state index contributed by atoms with van der Waals surface area (Å²) in [5.74, 6) is -0.165. The van der Waals surface area contributed by atoms with Crippen LogP contribution in [0, 0.1) is 0 Å². The summed E-state index contributed by atoms with van der Waals surface area (Å²) in [6, 6.07) is 15.5. The highest BCUT2D eigenvalue weighted by Gasteiger charge is 2.19. The molecule has 0 radical (unpaired) electrons. The van der Waals surface area contributed by atoms with Crippen LogP contribution in [0.15, 0.2) is 54.6 Å². The van der Waals surface area contributed by atoms with E-state index in [1.807, 2.05) is 30.3 Å². The maximum absolute atomic E-state index is 12.2. The van der Waals surface area contributed by atoms with E-state index >= 15 is 0 Å². The van der Waals surface area contributed by atoms with Gasteiger partial charge in [0.25, 0.3) is 0 Å². The van der Waals surface area contributed by atoms with Gasteiger partial charge in [-0.15, -0.1) is 0 Å². The molecule has 0 heterocycles. The fourth-order valence-corrected chi connectivity index (χ4v) is 1.87. The number of carbonyl (C=O) groups excluding carboxylic acids is 1. The number of ketones is 1. The minimum atomic E-state index is -0.670. The quantitative estimate of drug-likeness (QED) is 0.844. The van der Waals surface area contributed by atoms with E-state index in [0.717, 1.165) is 5.56 Å². The largest absolute Gasteiger partial charge is 0.318 e. The van der Waals surface area contributed by atoms with E-state index < -0.39 is 6.04 Å². The van der Waals surface area contributed by atoms with Gasteiger partial charge in [-0.3, -0.25) is 4.79 Å². The molecule has 3 heteroatoms. The zero-order chi connectivity index (χ0) is 12.3. The molecule has 0 spiro atoms. The van der Waals surface area contributed by atoms with Crippen molar-refractivity contribution >= 4 is 17.4 Å². The molecule has 86 valence electrons. The molecular weight excluding hydrogens is 234 g/mol. The number of hydrogen-bond acceptors (Lipinski definition) is 2. The lowest BCUT2D eigenvalue weighted by molar-refractivity contribution is 0.0961. The summed E-state index contributed by atoms with van der Waals surface area (Å²) in [5, 5.41) is 0.434. The molecule has 0 fully saturated rings. The van der Waals surface area contributed by atoms with Crippen molar-refractivity contribution in [3.63, 3.8) is 0 Å². The van der Waals surface area contributed by atoms with Crippen molar-refractivity contribution in [3.8, 4) is 0 Å². The molecule has 0 saturated carbocycles. The second-order valence-corrected chi connectivity index (χ2v) is 4.14. The second-order valence-electron chi connectivity index (χ2n) is 3.73. The van der Waals surface area contributed by atoms with Crippen LogP contribution in [0.4, 0.5) is 0 Å². The average molecular weight is 246 g/mol. The molecule has 0 saturated heterocycles. The van der Waals surface area contributed by atoms with E-state index in [-0.39, 0.29) is 5.78 Å². The summed E-state index contributed by atoms with van der Waals surface area (Å²) in [6.07, 6.45) is 0. The van der Waals surface area contributed by atoms with Crippen LogP contribution in [0.5, 0.6) is 0 Å². The highest BCUT2D eigenvalue weighted by Crippen LogP contribution is 2.21. The lowest BCUT2D eigenvalue weighted by atomic mass is 9.98. The van der Waals surface area contributed by atoms with Crippen LogP contribution in [0.25, 0.3) is 0 Å². The Morgan fingerprint density at radius 2 is 1.59 bits per heavy atom. The van der Waals surface area contributed by atoms with Crippen molar-refractivity contribution in [2.45, 2.75) is 6.04 Å². The number of nitrogens with two attached hydrogens (primary N) is 1. The van der Waals surface area contributed by atoms with Crippen molar-refractivity contribution in [3.05, 3.63) is 70.7 Å². The van der Waals surface area contributed by atoms with Gasteiger partial charge in [0.2, 0.25) is 0 Å². The molecule has 0 aliphatic rings. The van der Waals surface area contributed by atoms with E-state index in [2.05, 4.69) is 0 Å². The summed E-state index contributed by atoms with van der Waals surface area (Å²) in [5.41, 5.74) is 7.18. The minimum Gasteiger partial charge on any atom is -0.318 e. The molecule has 2 aromatic carbocycles. The number of rotatable bonds is 3. The molecule has 0 unspecified atom stereocenters. The van der Waals surface area contributed by atoms with Crippen molar-refractivity contribution in [2.75, 3.05) is 0 Å². The fourth-order valence-electron chi connectivity index (χ4n) is 1.64. The third-order valence-corrected chi connectivity index (χ3v) is 2.91. The van der Waals surface area contributed by atoms with Crippen LogP contribution < -0.4 is 5.73 Å². The van der Waals surface area contributed by atoms with Gasteiger partial charge in [0.05, 0.1) is 11.1 Å². The molecule has 0 aliphatic carbocycles. The summed E-state index contributed by atoms with van der Waals surface area (Å²) in [6.45, 7) is 0. The van der Waals surface area contributed by atoms with E-state index in [0.29, 0.717) is 10.6 Å². The van der Waals surface area contributed by atoms with Crippen LogP contribution >= 0.6 is 11.6 Å². The highest BCUT2D eigenvalue weighted by molar-refractivity contribution is 6.34. The molecule has 2 N–H and O–H groups in total. The zero-order valence-corrected chi connectivity index (χ0v) is 9.89. The van der Waals surface area contributed by atoms with Crippen LogP contribution in [-0.4, -0.2) is 5.78 Å². The first-order chi connectivity index (χ1) is 8.20. The van der Waals surface area contributed by atoms with Crippen LogP contribution in [0.2, 0.25) is 5.02 Å². The molecule has 2 aromatic rings. The first-order valence-corrected chi connectivity index (χ1v) is 5.67. The van der Waals surface area contributed by atoms with Gasteiger partial charge >= 0.3 is 0 Å². The first-order valence-electron chi connectivity index (χ1n) is 5.29. The summed E-state index contributed by atoms with van der Waals surface area (Å²) in [7, 11) is 0. The predicted octanol–water partition coefficient (Wildman–Crippen LogP) is 3.22. The fraction of sp³-hybridized carbons (Fsp3) is 0.0714. The Morgan fingerprint density at radius 3 is 2.24 bits per heavy atom. The van der Waals surface area contributed by atoms with Gasteiger partial charge in [0.1, 0.15) is 0 Å². The van der Waals surface area contributed by atoms with E-state index in [4.69, 9.17) is 17.3 Å². The Balaban J connectivity index is 2.30. The van der Waals surface area contributed by atoms with Gasteiger partial charge in [0, 0.05) is 5.56 Å². The SMILES string of the molecule is N[C@@H](C(=O)c1ccccc1Cl)c1ccccc1. The second kappa shape index (κ2) is 5.13. The lowest BCUT2D eigenvalue weighted by Gasteiger charge is -2.11. The molecule has 17 heavy (non-hydrogen) atoms. The smallest absolute Gasteiger partial charge is 0.185 e. The van der Waals surface area contributed by atoms with E-state index in [9.17, 15) is 4.79 Å². The molecule has 0 amide bonds. The molecule has 0 aromatic heterocycles. The van der Waals surface area contributed by atoms with Gasteiger partial charge in [-0.05, 0) is 17.7 Å². The molecule has 0 bridgehead atoms. The Hall–Kier alpha value is -1.64. The minimum absolute atomic E-state index is 0.165. The van der Waals surface area contributed by atoms with Crippen LogP contribution in [0.3, 0.4) is 0 Å². The Morgan fingerprint density at radius 1 is 1.00 bits per heavy atom. The van der Waals surface area contributed by atoms with Gasteiger partial charge in [-0.25, -0.2) is 0 Å². The molecule has 0 aliphatic heterocycles. The third-order valence-electron chi connectivity index (χ3n) is 2.58. The number of halogens is 1. The Labute approximate surface area is 105 Å². The lowest BCUT2D eigenvalue weighted by Crippen LogP contribution is -2.21. The van der Waals surface area contributed by atoms with Gasteiger partial charge in [0.15, 0.2) is 5.78 Å². The summed E-state index contributed by atoms with van der Waals surface area (Å²) < 4.78 is 0. The Bertz CT molecular complexity index is 525. The molecular formula is C14H12ClNO. The third kappa shape index (κ3) is 2.54.